The predicted molar refractivity (Wildman–Crippen MR) is 198 cm³/mol. The number of aromatic amines is 2. The van der Waals surface area contributed by atoms with Crippen molar-refractivity contribution in [3.8, 4) is 39.5 Å². The number of imidazole rings is 2. The summed E-state index contributed by atoms with van der Waals surface area (Å²) < 4.78 is 53.5. The summed E-state index contributed by atoms with van der Waals surface area (Å²) in [5.74, 6) is -2.89. The standard InChI is InChI=1S/C40H45F3N8O3/c1-20(2)22(5)38(52)50-18-40(42,43)15-32(50)37-46-16-27(47-37)23-8-9-29-25(11-23)13-31-34-26(41)12-24(14-33(34)54-19-51(29)31)28-17-45-36(48-28)30-7-6-10-49(30)39(53)35(44)21(3)4/h8-9,11-14,16-17,20-22,30,32,35H,6-7,10,15,18-19,44H2,1-5H3,(H,45,48)(H,46,47). The number of halogens is 3. The molecule has 4 atom stereocenters. The molecule has 2 fully saturated rings. The first-order valence-electron chi connectivity index (χ1n) is 18.7. The fraction of sp³-hybridized carbons (Fsp3) is 0.450. The van der Waals surface area contributed by atoms with Crippen molar-refractivity contribution < 1.29 is 27.5 Å². The van der Waals surface area contributed by atoms with Crippen molar-refractivity contribution >= 4 is 22.7 Å². The average molecular weight is 743 g/mol. The number of carbonyl (C=O) groups excluding carboxylic acids is 2. The van der Waals surface area contributed by atoms with Gasteiger partial charge in [-0.2, -0.15) is 0 Å². The molecule has 0 saturated carbocycles. The molecule has 3 aliphatic heterocycles. The van der Waals surface area contributed by atoms with Crippen molar-refractivity contribution in [2.24, 2.45) is 23.5 Å². The third-order valence-corrected chi connectivity index (χ3v) is 11.5. The maximum atomic E-state index is 16.1. The first kappa shape index (κ1) is 35.9. The lowest BCUT2D eigenvalue weighted by Gasteiger charge is -2.27. The van der Waals surface area contributed by atoms with E-state index >= 15 is 4.39 Å². The van der Waals surface area contributed by atoms with E-state index in [2.05, 4.69) is 19.9 Å². The van der Waals surface area contributed by atoms with Gasteiger partial charge < -0.3 is 34.8 Å². The van der Waals surface area contributed by atoms with Crippen LogP contribution < -0.4 is 10.5 Å². The predicted octanol–water partition coefficient (Wildman–Crippen LogP) is 7.43. The summed E-state index contributed by atoms with van der Waals surface area (Å²) in [5.41, 5.74) is 10.6. The quantitative estimate of drug-likeness (QED) is 0.151. The molecule has 0 aliphatic carbocycles. The summed E-state index contributed by atoms with van der Waals surface area (Å²) in [6.45, 7) is 9.58. The van der Waals surface area contributed by atoms with Crippen LogP contribution in [0.25, 0.3) is 44.7 Å². The highest BCUT2D eigenvalue weighted by atomic mass is 19.3. The normalized spacial score (nSPS) is 20.4. The van der Waals surface area contributed by atoms with Crippen LogP contribution in [0.15, 0.2) is 48.8 Å². The van der Waals surface area contributed by atoms with Gasteiger partial charge in [-0.15, -0.1) is 0 Å². The minimum absolute atomic E-state index is 0.0130. The van der Waals surface area contributed by atoms with Gasteiger partial charge in [-0.3, -0.25) is 9.59 Å². The van der Waals surface area contributed by atoms with Gasteiger partial charge in [0.25, 0.3) is 5.92 Å². The molecule has 3 aromatic heterocycles. The average Bonchev–Trinajstić information content (AvgIpc) is 3.98. The summed E-state index contributed by atoms with van der Waals surface area (Å²) in [6, 6.07) is 9.22. The van der Waals surface area contributed by atoms with Gasteiger partial charge in [-0.1, -0.05) is 40.7 Å². The van der Waals surface area contributed by atoms with E-state index in [1.807, 2.05) is 56.5 Å². The Morgan fingerprint density at radius 1 is 0.907 bits per heavy atom. The molecule has 8 rings (SSSR count). The number of nitrogens with one attached hydrogen (secondary N) is 2. The molecule has 6 heterocycles. The molecule has 14 heteroatoms. The molecule has 3 aliphatic rings. The van der Waals surface area contributed by atoms with Crippen LogP contribution in [0.1, 0.15) is 77.6 Å². The Labute approximate surface area is 311 Å². The Kier molecular flexibility index (Phi) is 8.86. The maximum absolute atomic E-state index is 16.1. The number of aromatic nitrogens is 5. The summed E-state index contributed by atoms with van der Waals surface area (Å²) in [4.78, 5) is 44.9. The third-order valence-electron chi connectivity index (χ3n) is 11.5. The number of rotatable bonds is 8. The Bertz CT molecular complexity index is 2260. The number of hydrogen-bond acceptors (Lipinski definition) is 6. The molecular formula is C40H45F3N8O3. The van der Waals surface area contributed by atoms with Crippen molar-refractivity contribution in [2.75, 3.05) is 13.1 Å². The van der Waals surface area contributed by atoms with Crippen LogP contribution in [0.4, 0.5) is 13.2 Å². The number of alkyl halides is 2. The molecule has 4 N–H and O–H groups in total. The van der Waals surface area contributed by atoms with Crippen LogP contribution in [0.5, 0.6) is 5.75 Å². The van der Waals surface area contributed by atoms with E-state index in [1.165, 1.54) is 11.0 Å². The van der Waals surface area contributed by atoms with Crippen LogP contribution in [-0.2, 0) is 16.3 Å². The molecule has 2 amide bonds. The van der Waals surface area contributed by atoms with E-state index < -0.39 is 42.7 Å². The molecule has 2 saturated heterocycles. The zero-order valence-electron chi connectivity index (χ0n) is 31.0. The van der Waals surface area contributed by atoms with Crippen LogP contribution in [0.2, 0.25) is 0 Å². The number of nitrogens with two attached hydrogens (primary N) is 1. The van der Waals surface area contributed by atoms with Gasteiger partial charge in [0.1, 0.15) is 23.2 Å². The molecule has 284 valence electrons. The second-order valence-corrected chi connectivity index (χ2v) is 15.7. The third kappa shape index (κ3) is 6.13. The number of fused-ring (bicyclic) bond motifs is 5. The van der Waals surface area contributed by atoms with Crippen molar-refractivity contribution in [3.63, 3.8) is 0 Å². The van der Waals surface area contributed by atoms with Gasteiger partial charge in [0.15, 0.2) is 6.73 Å². The van der Waals surface area contributed by atoms with Crippen molar-refractivity contribution in [1.29, 1.82) is 0 Å². The molecule has 4 unspecified atom stereocenters. The Balaban J connectivity index is 1.05. The lowest BCUT2D eigenvalue weighted by molar-refractivity contribution is -0.138. The first-order chi connectivity index (χ1) is 25.7. The molecule has 11 nitrogen and oxygen atoms in total. The zero-order valence-corrected chi connectivity index (χ0v) is 31.0. The number of ether oxygens (including phenoxy) is 1. The topological polar surface area (TPSA) is 138 Å². The van der Waals surface area contributed by atoms with E-state index in [9.17, 15) is 18.4 Å². The largest absolute Gasteiger partial charge is 0.472 e. The van der Waals surface area contributed by atoms with Gasteiger partial charge in [-0.25, -0.2) is 23.1 Å². The van der Waals surface area contributed by atoms with E-state index in [0.29, 0.717) is 52.2 Å². The number of amides is 2. The van der Waals surface area contributed by atoms with E-state index in [4.69, 9.17) is 10.5 Å². The number of H-pyrrole nitrogens is 2. The van der Waals surface area contributed by atoms with Gasteiger partial charge in [0.2, 0.25) is 11.8 Å². The zero-order chi connectivity index (χ0) is 38.2. The Morgan fingerprint density at radius 3 is 2.31 bits per heavy atom. The van der Waals surface area contributed by atoms with Crippen LogP contribution >= 0.6 is 0 Å². The molecule has 0 radical (unpaired) electrons. The minimum Gasteiger partial charge on any atom is -0.472 e. The highest BCUT2D eigenvalue weighted by molar-refractivity contribution is 5.92. The second-order valence-electron chi connectivity index (χ2n) is 15.7. The Morgan fingerprint density at radius 2 is 1.61 bits per heavy atom. The number of nitrogens with zero attached hydrogens (tertiary/aromatic N) is 5. The van der Waals surface area contributed by atoms with Crippen molar-refractivity contribution in [3.05, 3.63) is 66.3 Å². The SMILES string of the molecule is CC(C)C(C)C(=O)N1CC(F)(F)CC1c1ncc(-c2ccc3c(c2)cc2n3COc3cc(-c4cnc(C5CCCN5C(=O)C(N)C(C)C)[nH]4)cc(F)c3-2)[nH]1. The van der Waals surface area contributed by atoms with Gasteiger partial charge >= 0.3 is 0 Å². The molecule has 2 aromatic carbocycles. The van der Waals surface area contributed by atoms with Crippen LogP contribution in [-0.4, -0.2) is 71.2 Å². The van der Waals surface area contributed by atoms with Crippen molar-refractivity contribution in [2.45, 2.75) is 84.7 Å². The minimum atomic E-state index is -3.01. The Hall–Kier alpha value is -5.11. The number of benzene rings is 2. The van der Waals surface area contributed by atoms with Gasteiger partial charge in [0.05, 0.1) is 65.2 Å². The number of hydrogen-bond donors (Lipinski definition) is 3. The molecule has 5 aromatic rings. The summed E-state index contributed by atoms with van der Waals surface area (Å²) in [7, 11) is 0. The highest BCUT2D eigenvalue weighted by Crippen LogP contribution is 2.44. The van der Waals surface area contributed by atoms with Gasteiger partial charge in [0, 0.05) is 35.4 Å². The van der Waals surface area contributed by atoms with E-state index in [0.717, 1.165) is 29.3 Å². The highest BCUT2D eigenvalue weighted by Gasteiger charge is 2.49. The molecular weight excluding hydrogens is 697 g/mol. The number of carbonyl (C=O) groups is 2. The van der Waals surface area contributed by atoms with Gasteiger partial charge in [-0.05, 0) is 55.0 Å². The lowest BCUT2D eigenvalue weighted by Crippen LogP contribution is -2.46. The fourth-order valence-electron chi connectivity index (χ4n) is 7.95. The first-order valence-corrected chi connectivity index (χ1v) is 18.7. The smallest absolute Gasteiger partial charge is 0.267 e. The van der Waals surface area contributed by atoms with E-state index in [-0.39, 0.29) is 36.4 Å². The lowest BCUT2D eigenvalue weighted by atomic mass is 9.96. The van der Waals surface area contributed by atoms with Crippen molar-refractivity contribution in [1.82, 2.24) is 34.3 Å². The molecule has 54 heavy (non-hydrogen) atoms. The summed E-state index contributed by atoms with van der Waals surface area (Å²) in [6.07, 6.45) is 4.36. The summed E-state index contributed by atoms with van der Waals surface area (Å²) in [5, 5.41) is 0.833. The maximum Gasteiger partial charge on any atom is 0.267 e. The fourth-order valence-corrected chi connectivity index (χ4v) is 7.95. The number of likely N-dealkylation sites (tertiary alicyclic amines) is 2. The van der Waals surface area contributed by atoms with Crippen LogP contribution in [0, 0.1) is 23.6 Å². The summed E-state index contributed by atoms with van der Waals surface area (Å²) >= 11 is 0. The second kappa shape index (κ2) is 13.3. The van der Waals surface area contributed by atoms with Crippen LogP contribution in [0.3, 0.4) is 0 Å². The monoisotopic (exact) mass is 742 g/mol. The van der Waals surface area contributed by atoms with E-state index in [1.54, 1.807) is 30.3 Å². The molecule has 0 spiro atoms. The molecule has 0 bridgehead atoms.